The molecule has 3 aromatic rings. The second kappa shape index (κ2) is 11.2. The van der Waals surface area contributed by atoms with Gasteiger partial charge in [0.15, 0.2) is 0 Å². The standard InChI is InChI=1S/C25H27BrN4O2/c26-22-8-6-20(7-9-22)25(21-10-12-27-13-11-21)28-32-19-24(31)18-29-14-16-30(17-15-29)23-4-2-1-3-5-23/h1-13,24,31H,14-19H2/b28-25+. The van der Waals surface area contributed by atoms with E-state index in [1.807, 2.05) is 42.5 Å². The van der Waals surface area contributed by atoms with E-state index >= 15 is 0 Å². The number of oxime groups is 1. The third-order valence-electron chi connectivity index (χ3n) is 5.46. The summed E-state index contributed by atoms with van der Waals surface area (Å²) in [5, 5.41) is 14.9. The highest BCUT2D eigenvalue weighted by molar-refractivity contribution is 9.10. The number of benzene rings is 2. The van der Waals surface area contributed by atoms with Gasteiger partial charge in [-0.1, -0.05) is 51.4 Å². The molecule has 1 saturated heterocycles. The van der Waals surface area contributed by atoms with E-state index in [9.17, 15) is 5.11 Å². The Hall–Kier alpha value is -2.74. The lowest BCUT2D eigenvalue weighted by Gasteiger charge is -2.36. The van der Waals surface area contributed by atoms with Crippen LogP contribution in [0.4, 0.5) is 5.69 Å². The third kappa shape index (κ3) is 6.16. The minimum atomic E-state index is -0.606. The molecule has 0 amide bonds. The number of aliphatic hydroxyl groups is 1. The molecule has 0 spiro atoms. The minimum Gasteiger partial charge on any atom is -0.392 e. The Balaban J connectivity index is 1.31. The number of hydrogen-bond donors (Lipinski definition) is 1. The van der Waals surface area contributed by atoms with Crippen LogP contribution in [0.25, 0.3) is 0 Å². The van der Waals surface area contributed by atoms with Crippen molar-refractivity contribution in [1.82, 2.24) is 9.88 Å². The molecule has 2 heterocycles. The second-order valence-corrected chi connectivity index (χ2v) is 8.67. The molecule has 2 aromatic carbocycles. The summed E-state index contributed by atoms with van der Waals surface area (Å²) in [6, 6.07) is 22.1. The van der Waals surface area contributed by atoms with Crippen molar-refractivity contribution >= 4 is 27.3 Å². The first-order valence-corrected chi connectivity index (χ1v) is 11.5. The highest BCUT2D eigenvalue weighted by atomic mass is 79.9. The first-order chi connectivity index (χ1) is 15.7. The van der Waals surface area contributed by atoms with Crippen LogP contribution in [0.2, 0.25) is 0 Å². The van der Waals surface area contributed by atoms with Gasteiger partial charge in [-0.25, -0.2) is 0 Å². The predicted octanol–water partition coefficient (Wildman–Crippen LogP) is 3.80. The molecule has 0 aliphatic carbocycles. The Morgan fingerprint density at radius 2 is 1.59 bits per heavy atom. The van der Waals surface area contributed by atoms with Crippen LogP contribution in [0.15, 0.2) is 88.8 Å². The van der Waals surface area contributed by atoms with Crippen molar-refractivity contribution in [2.75, 3.05) is 44.2 Å². The molecule has 1 fully saturated rings. The summed E-state index contributed by atoms with van der Waals surface area (Å²) in [4.78, 5) is 14.3. The molecule has 4 rings (SSSR count). The average Bonchev–Trinajstić information content (AvgIpc) is 2.84. The largest absolute Gasteiger partial charge is 0.392 e. The number of rotatable bonds is 8. The molecule has 0 saturated carbocycles. The van der Waals surface area contributed by atoms with Crippen LogP contribution in [0.3, 0.4) is 0 Å². The van der Waals surface area contributed by atoms with Crippen molar-refractivity contribution in [3.8, 4) is 0 Å². The van der Waals surface area contributed by atoms with Crippen LogP contribution < -0.4 is 4.90 Å². The Bertz CT molecular complexity index is 991. The monoisotopic (exact) mass is 494 g/mol. The van der Waals surface area contributed by atoms with Gasteiger partial charge in [-0.3, -0.25) is 9.88 Å². The van der Waals surface area contributed by atoms with E-state index in [1.165, 1.54) is 5.69 Å². The fraction of sp³-hybridized carbons (Fsp3) is 0.280. The molecule has 1 aliphatic heterocycles. The van der Waals surface area contributed by atoms with Crippen molar-refractivity contribution < 1.29 is 9.94 Å². The Morgan fingerprint density at radius 1 is 0.938 bits per heavy atom. The van der Waals surface area contributed by atoms with E-state index in [-0.39, 0.29) is 6.61 Å². The molecule has 1 aromatic heterocycles. The molecule has 1 N–H and O–H groups in total. The van der Waals surface area contributed by atoms with Crippen LogP contribution in [0.5, 0.6) is 0 Å². The van der Waals surface area contributed by atoms with Crippen LogP contribution in [-0.2, 0) is 4.84 Å². The van der Waals surface area contributed by atoms with Gasteiger partial charge in [-0.05, 0) is 36.4 Å². The maximum Gasteiger partial charge on any atom is 0.144 e. The summed E-state index contributed by atoms with van der Waals surface area (Å²) in [7, 11) is 0. The lowest BCUT2D eigenvalue weighted by Crippen LogP contribution is -2.49. The molecule has 6 nitrogen and oxygen atoms in total. The SMILES string of the molecule is OC(CO/N=C(/c1ccncc1)c1ccc(Br)cc1)CN1CCN(c2ccccc2)CC1. The van der Waals surface area contributed by atoms with E-state index in [1.54, 1.807) is 12.4 Å². The average molecular weight is 495 g/mol. The number of aliphatic hydroxyl groups excluding tert-OH is 1. The molecule has 7 heteroatoms. The summed E-state index contributed by atoms with van der Waals surface area (Å²) >= 11 is 3.46. The first-order valence-electron chi connectivity index (χ1n) is 10.8. The molecule has 0 bridgehead atoms. The van der Waals surface area contributed by atoms with E-state index in [2.05, 4.69) is 60.1 Å². The van der Waals surface area contributed by atoms with Gasteiger partial charge in [-0.15, -0.1) is 0 Å². The molecule has 1 atom stereocenters. The third-order valence-corrected chi connectivity index (χ3v) is 5.99. The maximum absolute atomic E-state index is 10.5. The molecule has 0 radical (unpaired) electrons. The molecular formula is C25H27BrN4O2. The summed E-state index contributed by atoms with van der Waals surface area (Å²) in [6.07, 6.45) is 2.85. The number of halogens is 1. The number of β-amino-alcohol motifs (C(OH)–C–C–N with tert-alkyl or cyclic N) is 1. The number of para-hydroxylation sites is 1. The number of anilines is 1. The topological polar surface area (TPSA) is 61.2 Å². The van der Waals surface area contributed by atoms with Gasteiger partial charge in [0.1, 0.15) is 18.4 Å². The lowest BCUT2D eigenvalue weighted by molar-refractivity contribution is 0.0182. The predicted molar refractivity (Wildman–Crippen MR) is 131 cm³/mol. The Labute approximate surface area is 197 Å². The second-order valence-electron chi connectivity index (χ2n) is 7.76. The Kier molecular flexibility index (Phi) is 7.87. The number of piperazine rings is 1. The van der Waals surface area contributed by atoms with Crippen molar-refractivity contribution in [2.24, 2.45) is 5.16 Å². The summed E-state index contributed by atoms with van der Waals surface area (Å²) in [5.74, 6) is 0. The van der Waals surface area contributed by atoms with Crippen molar-refractivity contribution in [1.29, 1.82) is 0 Å². The van der Waals surface area contributed by atoms with Gasteiger partial charge in [0, 0.05) is 66.4 Å². The van der Waals surface area contributed by atoms with Crippen LogP contribution in [0, 0.1) is 0 Å². The fourth-order valence-electron chi connectivity index (χ4n) is 3.76. The van der Waals surface area contributed by atoms with Crippen molar-refractivity contribution in [2.45, 2.75) is 6.10 Å². The number of aromatic nitrogens is 1. The van der Waals surface area contributed by atoms with E-state index < -0.39 is 6.10 Å². The minimum absolute atomic E-state index is 0.143. The Morgan fingerprint density at radius 3 is 2.28 bits per heavy atom. The summed E-state index contributed by atoms with van der Waals surface area (Å²) < 4.78 is 0.999. The van der Waals surface area contributed by atoms with Gasteiger partial charge < -0.3 is 14.8 Å². The van der Waals surface area contributed by atoms with E-state index in [4.69, 9.17) is 4.84 Å². The maximum atomic E-state index is 10.5. The zero-order valence-corrected chi connectivity index (χ0v) is 19.4. The molecule has 1 aliphatic rings. The van der Waals surface area contributed by atoms with Crippen molar-refractivity contribution in [3.05, 3.63) is 94.7 Å². The summed E-state index contributed by atoms with van der Waals surface area (Å²) in [5.41, 5.74) is 3.81. The van der Waals surface area contributed by atoms with Gasteiger partial charge >= 0.3 is 0 Å². The normalized spacial score (nSPS) is 16.1. The zero-order chi connectivity index (χ0) is 22.2. The number of pyridine rings is 1. The van der Waals surface area contributed by atoms with Gasteiger partial charge in [-0.2, -0.15) is 0 Å². The lowest BCUT2D eigenvalue weighted by atomic mass is 10.0. The highest BCUT2D eigenvalue weighted by Gasteiger charge is 2.20. The number of hydrogen-bond acceptors (Lipinski definition) is 6. The fourth-order valence-corrected chi connectivity index (χ4v) is 4.02. The van der Waals surface area contributed by atoms with Crippen LogP contribution in [-0.4, -0.2) is 66.1 Å². The van der Waals surface area contributed by atoms with E-state index in [0.717, 1.165) is 41.8 Å². The van der Waals surface area contributed by atoms with Gasteiger partial charge in [0.05, 0.1) is 0 Å². The van der Waals surface area contributed by atoms with Crippen LogP contribution in [0.1, 0.15) is 11.1 Å². The molecular weight excluding hydrogens is 468 g/mol. The zero-order valence-electron chi connectivity index (χ0n) is 17.8. The molecule has 1 unspecified atom stereocenters. The van der Waals surface area contributed by atoms with E-state index in [0.29, 0.717) is 12.3 Å². The molecule has 32 heavy (non-hydrogen) atoms. The summed E-state index contributed by atoms with van der Waals surface area (Å²) in [6.45, 7) is 4.44. The smallest absolute Gasteiger partial charge is 0.144 e. The highest BCUT2D eigenvalue weighted by Crippen LogP contribution is 2.17. The quantitative estimate of drug-likeness (QED) is 0.381. The van der Waals surface area contributed by atoms with Crippen LogP contribution >= 0.6 is 15.9 Å². The first kappa shape index (κ1) is 22.5. The van der Waals surface area contributed by atoms with Gasteiger partial charge in [0.25, 0.3) is 0 Å². The number of nitrogens with zero attached hydrogens (tertiary/aromatic N) is 4. The van der Waals surface area contributed by atoms with Crippen molar-refractivity contribution in [3.63, 3.8) is 0 Å². The molecule has 166 valence electrons. The van der Waals surface area contributed by atoms with Gasteiger partial charge in [0.2, 0.25) is 0 Å².